The number of carbonyl (C=O) groups is 7. The highest BCUT2D eigenvalue weighted by molar-refractivity contribution is 6.18. The van der Waals surface area contributed by atoms with Gasteiger partial charge in [0.15, 0.2) is 11.6 Å². The Labute approximate surface area is 361 Å². The van der Waals surface area contributed by atoms with E-state index in [-0.39, 0.29) is 30.6 Å². The smallest absolute Gasteiger partial charge is 0.410 e. The number of halogens is 4. The first-order chi connectivity index (χ1) is 29.1. The van der Waals surface area contributed by atoms with Gasteiger partial charge in [-0.1, -0.05) is 0 Å². The lowest BCUT2D eigenvalue weighted by molar-refractivity contribution is -0.238. The van der Waals surface area contributed by atoms with Crippen LogP contribution in [0.25, 0.3) is 0 Å². The van der Waals surface area contributed by atoms with Crippen molar-refractivity contribution in [3.8, 4) is 0 Å². The molecule has 1 N–H and O–H groups in total. The fraction of sp³-hybridized carbons (Fsp3) is 0.568. The molecule has 3 heterocycles. The zero-order valence-corrected chi connectivity index (χ0v) is 36.6. The first-order valence-corrected chi connectivity index (χ1v) is 20.1. The van der Waals surface area contributed by atoms with Gasteiger partial charge in [0.1, 0.15) is 40.9 Å². The number of hydrogen-bond donors (Lipinski definition) is 1. The Bertz CT molecular complexity index is 2180. The first kappa shape index (κ1) is 48.4. The van der Waals surface area contributed by atoms with E-state index in [0.29, 0.717) is 6.42 Å². The summed E-state index contributed by atoms with van der Waals surface area (Å²) in [6.07, 6.45) is -1.39. The summed E-state index contributed by atoms with van der Waals surface area (Å²) in [5.41, 5.74) is -3.42. The lowest BCUT2D eigenvalue weighted by Crippen LogP contribution is -2.55. The van der Waals surface area contributed by atoms with Gasteiger partial charge in [-0.25, -0.2) is 27.2 Å². The van der Waals surface area contributed by atoms with Crippen LogP contribution < -0.4 is 0 Å². The second kappa shape index (κ2) is 17.2. The number of methoxy groups -OCH3 is 1. The molecule has 2 aromatic rings. The molecule has 2 aromatic carbocycles. The van der Waals surface area contributed by atoms with E-state index in [1.807, 2.05) is 0 Å². The largest absolute Gasteiger partial charge is 0.469 e. The van der Waals surface area contributed by atoms with Crippen molar-refractivity contribution in [3.63, 3.8) is 0 Å². The fourth-order valence-corrected chi connectivity index (χ4v) is 8.83. The van der Waals surface area contributed by atoms with Crippen LogP contribution in [-0.2, 0) is 58.5 Å². The van der Waals surface area contributed by atoms with Gasteiger partial charge >= 0.3 is 30.1 Å². The Morgan fingerprint density at radius 2 is 1.11 bits per heavy atom. The Balaban J connectivity index is 0.000000232. The quantitative estimate of drug-likeness (QED) is 0.160. The Morgan fingerprint density at radius 1 is 0.714 bits per heavy atom. The molecule has 5 aliphatic rings. The third-order valence-corrected chi connectivity index (χ3v) is 11.4. The summed E-state index contributed by atoms with van der Waals surface area (Å²) in [5.74, 6) is -11.3. The van der Waals surface area contributed by atoms with Crippen LogP contribution in [0.15, 0.2) is 36.4 Å². The van der Waals surface area contributed by atoms with Crippen molar-refractivity contribution >= 4 is 41.7 Å². The standard InChI is InChI=1S/C23H25F2NO7.C20H23F2NO5.CH4O/c1-21(2,3)33-20(30)26-10-23(12-8-11(24)6-7-14(12)25)9-13(23)16(26)17(27)15-18(28)31-22(4,5)32-19(15)29;1-19(2,3)28-18(26)23-10-20(12-7-11(21)5-6-14(12)22)9-13(20)17(23)15(24)8-16(25)27-4;1-2/h6-8,13,15-16H,9-10H2,1-5H3;5-7,13,17H,8-10H2,1-4H3;2H,1H3/t13-,16?,23+;13-,17?,20+;/m00./s1. The lowest BCUT2D eigenvalue weighted by Gasteiger charge is -2.35. The van der Waals surface area contributed by atoms with Gasteiger partial charge in [0.2, 0.25) is 5.92 Å². The number of nitrogens with zero attached hydrogens (tertiary/aromatic N) is 2. The molecule has 0 radical (unpaired) electrons. The summed E-state index contributed by atoms with van der Waals surface area (Å²) >= 11 is 0. The van der Waals surface area contributed by atoms with Crippen molar-refractivity contribution in [1.29, 1.82) is 0 Å². The highest BCUT2D eigenvalue weighted by Gasteiger charge is 2.72. The van der Waals surface area contributed by atoms with Crippen LogP contribution in [-0.4, -0.2) is 113 Å². The van der Waals surface area contributed by atoms with E-state index in [1.165, 1.54) is 25.9 Å². The summed E-state index contributed by atoms with van der Waals surface area (Å²) in [5, 5.41) is 7.00. The molecule has 15 nitrogen and oxygen atoms in total. The Morgan fingerprint density at radius 3 is 1.51 bits per heavy atom. The average molecular weight is 893 g/mol. The minimum atomic E-state index is -1.89. The lowest BCUT2D eigenvalue weighted by atomic mass is 9.90. The van der Waals surface area contributed by atoms with Crippen LogP contribution in [0.4, 0.5) is 27.2 Å². The molecule has 2 unspecified atom stereocenters. The molecule has 0 bridgehead atoms. The van der Waals surface area contributed by atoms with E-state index in [1.54, 1.807) is 41.5 Å². The van der Waals surface area contributed by atoms with Gasteiger partial charge < -0.3 is 28.8 Å². The van der Waals surface area contributed by atoms with E-state index >= 15 is 0 Å². The van der Waals surface area contributed by atoms with Crippen LogP contribution in [0.5, 0.6) is 0 Å². The van der Waals surface area contributed by atoms with Crippen LogP contribution >= 0.6 is 0 Å². The number of fused-ring (bicyclic) bond motifs is 2. The second-order valence-corrected chi connectivity index (χ2v) is 18.6. The molecular formula is C44H52F4N2O13. The predicted octanol–water partition coefficient (Wildman–Crippen LogP) is 5.45. The molecule has 7 rings (SSSR count). The molecule has 344 valence electrons. The van der Waals surface area contributed by atoms with Crippen molar-refractivity contribution in [2.45, 2.75) is 115 Å². The van der Waals surface area contributed by atoms with Crippen molar-refractivity contribution in [2.24, 2.45) is 17.8 Å². The summed E-state index contributed by atoms with van der Waals surface area (Å²) in [4.78, 5) is 90.7. The van der Waals surface area contributed by atoms with Crippen molar-refractivity contribution < 1.29 is 79.9 Å². The number of ketones is 2. The Hall–Kier alpha value is -5.59. The molecular weight excluding hydrogens is 840 g/mol. The number of ether oxygens (including phenoxy) is 5. The zero-order chi connectivity index (χ0) is 47.4. The number of amides is 2. The van der Waals surface area contributed by atoms with Crippen molar-refractivity contribution in [2.75, 3.05) is 27.3 Å². The number of carbonyl (C=O) groups excluding carboxylic acids is 7. The third-order valence-electron chi connectivity index (χ3n) is 11.4. The van der Waals surface area contributed by atoms with Gasteiger partial charge in [-0.2, -0.15) is 0 Å². The third kappa shape index (κ3) is 9.82. The van der Waals surface area contributed by atoms with Crippen LogP contribution in [0, 0.1) is 41.0 Å². The second-order valence-electron chi connectivity index (χ2n) is 18.6. The minimum absolute atomic E-state index is 0.0184. The molecule has 63 heavy (non-hydrogen) atoms. The van der Waals surface area contributed by atoms with Gasteiger partial charge in [-0.05, 0) is 114 Å². The number of benzene rings is 2. The van der Waals surface area contributed by atoms with Crippen LogP contribution in [0.2, 0.25) is 0 Å². The number of rotatable bonds is 7. The highest BCUT2D eigenvalue weighted by atomic mass is 19.1. The fourth-order valence-electron chi connectivity index (χ4n) is 8.83. The number of cyclic esters (lactones) is 2. The number of likely N-dealkylation sites (tertiary alicyclic amines) is 2. The first-order valence-electron chi connectivity index (χ1n) is 20.1. The van der Waals surface area contributed by atoms with Gasteiger partial charge in [0.05, 0.1) is 19.2 Å². The molecule has 5 fully saturated rings. The van der Waals surface area contributed by atoms with Gasteiger partial charge in [-0.15, -0.1) is 0 Å². The van der Waals surface area contributed by atoms with E-state index in [4.69, 9.17) is 24.1 Å². The number of hydrogen-bond acceptors (Lipinski definition) is 13. The number of aliphatic hydroxyl groups excluding tert-OH is 1. The van der Waals surface area contributed by atoms with Gasteiger partial charge in [0.25, 0.3) is 5.79 Å². The maximum absolute atomic E-state index is 14.7. The number of Topliss-reactive ketones (excluding diaryl/α,β-unsaturated/α-hetero) is 2. The maximum atomic E-state index is 14.7. The Kier molecular flexibility index (Phi) is 13.2. The van der Waals surface area contributed by atoms with Gasteiger partial charge in [-0.3, -0.25) is 33.8 Å². The minimum Gasteiger partial charge on any atom is -0.469 e. The molecule has 19 heteroatoms. The van der Waals surface area contributed by atoms with E-state index in [2.05, 4.69) is 4.74 Å². The van der Waals surface area contributed by atoms with Crippen LogP contribution in [0.3, 0.4) is 0 Å². The van der Waals surface area contributed by atoms with Gasteiger partial charge in [0, 0.05) is 44.9 Å². The average Bonchev–Trinajstić information content (AvgIpc) is 4.00. The molecule has 6 atom stereocenters. The van der Waals surface area contributed by atoms with Crippen LogP contribution in [0.1, 0.15) is 85.8 Å². The molecule has 0 aromatic heterocycles. The predicted molar refractivity (Wildman–Crippen MR) is 210 cm³/mol. The normalized spacial score (nSPS) is 26.6. The molecule has 3 aliphatic heterocycles. The molecule has 0 spiro atoms. The zero-order valence-electron chi connectivity index (χ0n) is 36.6. The SMILES string of the molecule is CC(C)(C)OC(=O)N1C[C@@]2(c3cc(F)ccc3F)C[C@H]2C1C(=O)C1C(=O)OC(C)(C)OC1=O.CO.COC(=O)CC(=O)C1[C@@H]2C[C@]2(c2cc(F)ccc2F)CN1C(=O)OC(C)(C)C. The van der Waals surface area contributed by atoms with E-state index < -0.39 is 129 Å². The molecule has 3 saturated heterocycles. The topological polar surface area (TPSA) is 192 Å². The summed E-state index contributed by atoms with van der Waals surface area (Å²) < 4.78 is 82.2. The number of aliphatic hydroxyl groups is 1. The monoisotopic (exact) mass is 892 g/mol. The molecule has 2 amide bonds. The number of esters is 3. The molecule has 2 aliphatic carbocycles. The number of piperidine rings is 2. The maximum Gasteiger partial charge on any atom is 0.410 e. The summed E-state index contributed by atoms with van der Waals surface area (Å²) in [7, 11) is 2.17. The van der Waals surface area contributed by atoms with Crippen molar-refractivity contribution in [3.05, 3.63) is 70.8 Å². The molecule has 2 saturated carbocycles. The van der Waals surface area contributed by atoms with E-state index in [0.717, 1.165) is 48.4 Å². The van der Waals surface area contributed by atoms with Crippen molar-refractivity contribution in [1.82, 2.24) is 9.80 Å². The highest BCUT2D eigenvalue weighted by Crippen LogP contribution is 2.64. The van der Waals surface area contributed by atoms with E-state index in [9.17, 15) is 51.1 Å². The summed E-state index contributed by atoms with van der Waals surface area (Å²) in [6.45, 7) is 12.6. The summed E-state index contributed by atoms with van der Waals surface area (Å²) in [6, 6.07) is 3.96.